The number of hydrogen-bond acceptors (Lipinski definition) is 6. The van der Waals surface area contributed by atoms with Crippen LogP contribution in [0, 0.1) is 0 Å². The predicted molar refractivity (Wildman–Crippen MR) is 58.9 cm³/mol. The van der Waals surface area contributed by atoms with Crippen LogP contribution in [-0.4, -0.2) is 101 Å². The van der Waals surface area contributed by atoms with E-state index in [1.54, 1.807) is 0 Å². The zero-order valence-corrected chi connectivity index (χ0v) is 11.8. The number of hydrogen-bond donors (Lipinski definition) is 5. The van der Waals surface area contributed by atoms with E-state index < -0.39 is 11.9 Å². The molecule has 0 aromatic heterocycles. The van der Waals surface area contributed by atoms with Crippen molar-refractivity contribution in [3.8, 4) is 0 Å². The molecule has 0 atom stereocenters. The van der Waals surface area contributed by atoms with Crippen molar-refractivity contribution in [3.05, 3.63) is 0 Å². The van der Waals surface area contributed by atoms with Crippen molar-refractivity contribution in [2.75, 3.05) is 39.5 Å². The monoisotopic (exact) mass is 262 g/mol. The van der Waals surface area contributed by atoms with Gasteiger partial charge in [-0.2, -0.15) is 0 Å². The largest absolute Gasteiger partial charge is 0.480 e. The summed E-state index contributed by atoms with van der Waals surface area (Å²) in [5, 5.41) is 34.3. The van der Waals surface area contributed by atoms with Crippen molar-refractivity contribution in [1.29, 1.82) is 0 Å². The third kappa shape index (κ3) is 31.3. The molecule has 0 aliphatic carbocycles. The molecule has 0 fully saturated rings. The van der Waals surface area contributed by atoms with Crippen molar-refractivity contribution in [1.82, 2.24) is 5.32 Å². The van der Waals surface area contributed by atoms with Gasteiger partial charge in [0.1, 0.15) is 0 Å². The van der Waals surface area contributed by atoms with Gasteiger partial charge in [0, 0.05) is 29.6 Å². The Balaban J connectivity index is -0.000000224. The molecule has 0 rings (SSSR count). The van der Waals surface area contributed by atoms with E-state index in [0.29, 0.717) is 13.2 Å². The summed E-state index contributed by atoms with van der Waals surface area (Å²) in [6.07, 6.45) is 0. The Morgan fingerprint density at radius 2 is 1.29 bits per heavy atom. The molecule has 1 radical (unpaired) electrons. The topological polar surface area (TPSA) is 136 Å². The van der Waals surface area contributed by atoms with Crippen LogP contribution in [0.1, 0.15) is 0 Å². The number of aliphatic hydroxyl groups excluding tert-OH is 2. The van der Waals surface area contributed by atoms with Gasteiger partial charge in [0.2, 0.25) is 0 Å². The van der Waals surface area contributed by atoms with E-state index in [-0.39, 0.29) is 55.9 Å². The normalized spacial score (nSPS) is 8.59. The second-order valence-corrected chi connectivity index (χ2v) is 2.45. The SMILES string of the molecule is O=C(O)CNCC(=O)O.OCCOCCO.[Na]. The Hall–Kier alpha value is -0.220. The van der Waals surface area contributed by atoms with Crippen molar-refractivity contribution < 1.29 is 34.8 Å². The Morgan fingerprint density at radius 3 is 1.53 bits per heavy atom. The molecule has 5 N–H and O–H groups in total. The van der Waals surface area contributed by atoms with Crippen LogP contribution in [0.2, 0.25) is 0 Å². The minimum absolute atomic E-state index is 0. The molecule has 8 nitrogen and oxygen atoms in total. The first kappa shape index (κ1) is 22.0. The number of aliphatic hydroxyl groups is 2. The predicted octanol–water partition coefficient (Wildman–Crippen LogP) is -2.65. The number of carboxylic acid groups (broad SMARTS) is 2. The fourth-order valence-electron chi connectivity index (χ4n) is 0.508. The summed E-state index contributed by atoms with van der Waals surface area (Å²) in [5.41, 5.74) is 0. The average molecular weight is 262 g/mol. The molecule has 0 aliphatic heterocycles. The molecule has 0 spiro atoms. The molecular weight excluding hydrogens is 245 g/mol. The number of aliphatic carboxylic acids is 2. The van der Waals surface area contributed by atoms with Gasteiger partial charge in [-0.1, -0.05) is 0 Å². The smallest absolute Gasteiger partial charge is 0.317 e. The Bertz CT molecular complexity index is 173. The number of ether oxygens (including phenoxy) is 1. The molecule has 0 heterocycles. The Kier molecular flexibility index (Phi) is 23.5. The molecule has 17 heavy (non-hydrogen) atoms. The molecule has 0 saturated carbocycles. The fraction of sp³-hybridized carbons (Fsp3) is 0.750. The molecule has 0 amide bonds. The molecule has 0 aromatic rings. The minimum Gasteiger partial charge on any atom is -0.480 e. The van der Waals surface area contributed by atoms with E-state index >= 15 is 0 Å². The average Bonchev–Trinajstić information content (AvgIpc) is 2.18. The number of carbonyl (C=O) groups is 2. The minimum atomic E-state index is -1.06. The van der Waals surface area contributed by atoms with Crippen LogP contribution in [0.15, 0.2) is 0 Å². The van der Waals surface area contributed by atoms with Gasteiger partial charge in [-0.25, -0.2) is 0 Å². The van der Waals surface area contributed by atoms with Crippen molar-refractivity contribution in [2.24, 2.45) is 0 Å². The summed E-state index contributed by atoms with van der Waals surface area (Å²) in [5.74, 6) is -2.12. The third-order valence-electron chi connectivity index (χ3n) is 1.02. The molecule has 0 saturated heterocycles. The van der Waals surface area contributed by atoms with Gasteiger partial charge in [0.15, 0.2) is 0 Å². The number of carboxylic acids is 2. The molecule has 0 unspecified atom stereocenters. The zero-order chi connectivity index (χ0) is 12.8. The summed E-state index contributed by atoms with van der Waals surface area (Å²) in [6, 6.07) is 0. The molecule has 0 aromatic carbocycles. The van der Waals surface area contributed by atoms with Gasteiger partial charge in [0.05, 0.1) is 39.5 Å². The van der Waals surface area contributed by atoms with Crippen LogP contribution in [0.25, 0.3) is 0 Å². The first-order valence-electron chi connectivity index (χ1n) is 4.48. The molecule has 9 heteroatoms. The van der Waals surface area contributed by atoms with Gasteiger partial charge < -0.3 is 25.2 Å². The van der Waals surface area contributed by atoms with Gasteiger partial charge in [-0.05, 0) is 0 Å². The zero-order valence-electron chi connectivity index (χ0n) is 9.76. The summed E-state index contributed by atoms with van der Waals surface area (Å²) < 4.78 is 4.63. The molecule has 0 aliphatic rings. The van der Waals surface area contributed by atoms with E-state index in [1.807, 2.05) is 0 Å². The van der Waals surface area contributed by atoms with Gasteiger partial charge in [-0.15, -0.1) is 0 Å². The maximum absolute atomic E-state index is 9.73. The maximum atomic E-state index is 9.73. The van der Waals surface area contributed by atoms with E-state index in [2.05, 4.69) is 10.1 Å². The fourth-order valence-corrected chi connectivity index (χ4v) is 0.508. The van der Waals surface area contributed by atoms with Crippen molar-refractivity contribution in [2.45, 2.75) is 0 Å². The molecule has 0 bridgehead atoms. The second-order valence-electron chi connectivity index (χ2n) is 2.45. The van der Waals surface area contributed by atoms with Crippen molar-refractivity contribution >= 4 is 41.5 Å². The Morgan fingerprint density at radius 1 is 0.941 bits per heavy atom. The van der Waals surface area contributed by atoms with Crippen LogP contribution < -0.4 is 5.32 Å². The van der Waals surface area contributed by atoms with E-state index in [0.717, 1.165) is 0 Å². The van der Waals surface area contributed by atoms with Crippen LogP contribution in [0.5, 0.6) is 0 Å². The molecular formula is C8H17NNaO7. The third-order valence-corrected chi connectivity index (χ3v) is 1.02. The van der Waals surface area contributed by atoms with Crippen LogP contribution in [-0.2, 0) is 14.3 Å². The van der Waals surface area contributed by atoms with Crippen LogP contribution in [0.4, 0.5) is 0 Å². The quantitative estimate of drug-likeness (QED) is 0.236. The summed E-state index contributed by atoms with van der Waals surface area (Å²) in [7, 11) is 0. The van der Waals surface area contributed by atoms with Crippen molar-refractivity contribution in [3.63, 3.8) is 0 Å². The first-order valence-corrected chi connectivity index (χ1v) is 4.48. The van der Waals surface area contributed by atoms with Crippen LogP contribution in [0.3, 0.4) is 0 Å². The number of rotatable bonds is 8. The summed E-state index contributed by atoms with van der Waals surface area (Å²) in [6.45, 7) is 0.0692. The summed E-state index contributed by atoms with van der Waals surface area (Å²) >= 11 is 0. The first-order chi connectivity index (χ1) is 7.54. The second kappa shape index (κ2) is 18.2. The van der Waals surface area contributed by atoms with E-state index in [1.165, 1.54) is 0 Å². The van der Waals surface area contributed by atoms with Gasteiger partial charge in [0.25, 0.3) is 0 Å². The van der Waals surface area contributed by atoms with E-state index in [4.69, 9.17) is 20.4 Å². The van der Waals surface area contributed by atoms with Gasteiger partial charge >= 0.3 is 11.9 Å². The standard InChI is InChI=1S/C4H7NO4.C4H10O3.Na/c6-3(7)1-5-2-4(8)9;5-1-3-7-4-2-6;/h5H,1-2H2,(H,6,7)(H,8,9);5-6H,1-4H2;. The Labute approximate surface area is 121 Å². The van der Waals surface area contributed by atoms with Gasteiger partial charge in [-0.3, -0.25) is 14.9 Å². The summed E-state index contributed by atoms with van der Waals surface area (Å²) in [4.78, 5) is 19.5. The maximum Gasteiger partial charge on any atom is 0.317 e. The molecule has 97 valence electrons. The van der Waals surface area contributed by atoms with E-state index in [9.17, 15) is 9.59 Å². The van der Waals surface area contributed by atoms with Crippen LogP contribution >= 0.6 is 0 Å². The number of nitrogens with one attached hydrogen (secondary N) is 1.